The van der Waals surface area contributed by atoms with Crippen molar-refractivity contribution < 1.29 is 23.9 Å². The van der Waals surface area contributed by atoms with Gasteiger partial charge in [-0.15, -0.1) is 0 Å². The van der Waals surface area contributed by atoms with Gasteiger partial charge in [0, 0.05) is 30.5 Å². The van der Waals surface area contributed by atoms with Gasteiger partial charge in [0.15, 0.2) is 0 Å². The maximum absolute atomic E-state index is 14.1. The molecule has 7 nitrogen and oxygen atoms in total. The molecule has 0 aromatic heterocycles. The van der Waals surface area contributed by atoms with Gasteiger partial charge in [0.05, 0.1) is 23.4 Å². The molecule has 0 unspecified atom stereocenters. The third-order valence-electron chi connectivity index (χ3n) is 9.60. The molecule has 3 amide bonds. The Hall–Kier alpha value is -5.04. The van der Waals surface area contributed by atoms with E-state index >= 15 is 0 Å². The van der Waals surface area contributed by atoms with Crippen molar-refractivity contribution in [3.05, 3.63) is 125 Å². The lowest BCUT2D eigenvalue weighted by atomic mass is 9.55. The molecule has 3 atom stereocenters. The summed E-state index contributed by atoms with van der Waals surface area (Å²) in [7, 11) is 0. The van der Waals surface area contributed by atoms with Crippen LogP contribution in [0.3, 0.4) is 0 Å². The summed E-state index contributed by atoms with van der Waals surface area (Å²) in [5, 5.41) is 0. The van der Waals surface area contributed by atoms with Crippen LogP contribution in [-0.4, -0.2) is 30.2 Å². The number of esters is 1. The van der Waals surface area contributed by atoms with Gasteiger partial charge in [0.1, 0.15) is 5.75 Å². The largest absolute Gasteiger partial charge is 0.426 e. The average Bonchev–Trinajstić information content (AvgIpc) is 3.55. The summed E-state index contributed by atoms with van der Waals surface area (Å²) in [5.74, 6) is -2.53. The maximum atomic E-state index is 14.1. The van der Waals surface area contributed by atoms with Crippen molar-refractivity contribution in [3.63, 3.8) is 0 Å². The lowest BCUT2D eigenvalue weighted by molar-refractivity contribution is -0.139. The first-order valence-corrected chi connectivity index (χ1v) is 14.7. The molecule has 43 heavy (non-hydrogen) atoms. The van der Waals surface area contributed by atoms with Crippen LogP contribution in [-0.2, 0) is 19.2 Å². The van der Waals surface area contributed by atoms with Gasteiger partial charge in [-0.25, -0.2) is 4.90 Å². The molecule has 9 rings (SSSR count). The summed E-state index contributed by atoms with van der Waals surface area (Å²) in [4.78, 5) is 56.8. The summed E-state index contributed by atoms with van der Waals surface area (Å²) in [6.07, 6.45) is 0.0808. The Morgan fingerprint density at radius 3 is 1.79 bits per heavy atom. The Bertz CT molecular complexity index is 1730. The number of nitrogens with zero attached hydrogens (tertiary/aromatic N) is 2. The molecule has 212 valence electrons. The summed E-state index contributed by atoms with van der Waals surface area (Å²) < 4.78 is 5.70. The van der Waals surface area contributed by atoms with Crippen LogP contribution in [0.25, 0.3) is 0 Å². The minimum absolute atomic E-state index is 0.0808. The molecule has 0 N–H and O–H groups in total. The third kappa shape index (κ3) is 3.74. The molecule has 2 bridgehead atoms. The second-order valence-corrected chi connectivity index (χ2v) is 11.9. The Morgan fingerprint density at radius 1 is 0.721 bits per heavy atom. The second-order valence-electron chi connectivity index (χ2n) is 11.9. The van der Waals surface area contributed by atoms with E-state index in [4.69, 9.17) is 4.74 Å². The highest BCUT2D eigenvalue weighted by Gasteiger charge is 2.61. The Kier molecular flexibility index (Phi) is 5.66. The van der Waals surface area contributed by atoms with E-state index in [2.05, 4.69) is 24.3 Å². The van der Waals surface area contributed by atoms with Crippen LogP contribution in [0.15, 0.2) is 97.1 Å². The van der Waals surface area contributed by atoms with E-state index in [1.54, 1.807) is 23.1 Å². The van der Waals surface area contributed by atoms with Crippen molar-refractivity contribution in [1.82, 2.24) is 0 Å². The topological polar surface area (TPSA) is 84.0 Å². The number of para-hydroxylation sites is 1. The van der Waals surface area contributed by atoms with E-state index in [1.165, 1.54) is 4.90 Å². The number of rotatable bonds is 4. The molecule has 4 aromatic rings. The fourth-order valence-electron chi connectivity index (χ4n) is 7.78. The first-order chi connectivity index (χ1) is 20.9. The van der Waals surface area contributed by atoms with Gasteiger partial charge in [-0.2, -0.15) is 0 Å². The molecular weight excluding hydrogens is 540 g/mol. The minimum atomic E-state index is -0.587. The number of aryl methyl sites for hydroxylation is 1. The van der Waals surface area contributed by atoms with Crippen LogP contribution in [0.2, 0.25) is 0 Å². The molecule has 2 aliphatic heterocycles. The van der Waals surface area contributed by atoms with Crippen molar-refractivity contribution in [2.24, 2.45) is 17.8 Å². The Labute approximate surface area is 248 Å². The highest BCUT2D eigenvalue weighted by molar-refractivity contribution is 6.23. The number of benzene rings is 4. The number of hydrogen-bond acceptors (Lipinski definition) is 5. The van der Waals surface area contributed by atoms with Crippen LogP contribution in [0, 0.1) is 24.7 Å². The molecule has 2 heterocycles. The predicted molar refractivity (Wildman–Crippen MR) is 160 cm³/mol. The first-order valence-electron chi connectivity index (χ1n) is 14.7. The first kappa shape index (κ1) is 25.7. The smallest absolute Gasteiger partial charge is 0.316 e. The molecule has 0 spiro atoms. The van der Waals surface area contributed by atoms with Crippen molar-refractivity contribution >= 4 is 35.1 Å². The molecule has 5 aliphatic rings. The van der Waals surface area contributed by atoms with Crippen LogP contribution >= 0.6 is 0 Å². The number of anilines is 2. The fraction of sp³-hybridized carbons (Fsp3) is 0.222. The zero-order valence-corrected chi connectivity index (χ0v) is 23.5. The van der Waals surface area contributed by atoms with Gasteiger partial charge in [0.25, 0.3) is 0 Å². The van der Waals surface area contributed by atoms with Gasteiger partial charge in [0.2, 0.25) is 17.7 Å². The van der Waals surface area contributed by atoms with E-state index in [0.717, 1.165) is 27.9 Å². The SMILES string of the molecule is Cc1cc(OC(=O)[C@@H]2CC(=O)N(c3ccccc3)C2)ccc1N1C(=O)[C@@H]2C3c4ccccc4C(c4ccccc43)[C@H]2C1=O. The molecule has 2 saturated heterocycles. The van der Waals surface area contributed by atoms with Crippen LogP contribution < -0.4 is 14.5 Å². The summed E-state index contributed by atoms with van der Waals surface area (Å²) in [6, 6.07) is 30.6. The third-order valence-corrected chi connectivity index (χ3v) is 9.60. The van der Waals surface area contributed by atoms with E-state index < -0.39 is 23.7 Å². The minimum Gasteiger partial charge on any atom is -0.426 e. The van der Waals surface area contributed by atoms with Crippen LogP contribution in [0.5, 0.6) is 5.75 Å². The normalized spacial score (nSPS) is 25.0. The van der Waals surface area contributed by atoms with Crippen molar-refractivity contribution in [3.8, 4) is 5.75 Å². The maximum Gasteiger partial charge on any atom is 0.316 e. The number of hydrogen-bond donors (Lipinski definition) is 0. The Morgan fingerprint density at radius 2 is 1.26 bits per heavy atom. The number of carbonyl (C=O) groups excluding carboxylic acids is 4. The van der Waals surface area contributed by atoms with Gasteiger partial charge in [-0.1, -0.05) is 66.7 Å². The molecule has 4 aromatic carbocycles. The zero-order chi connectivity index (χ0) is 29.4. The van der Waals surface area contributed by atoms with E-state index in [-0.39, 0.29) is 42.5 Å². The molecule has 0 radical (unpaired) electrons. The molecule has 7 heteroatoms. The number of carbonyl (C=O) groups is 4. The molecule has 3 aliphatic carbocycles. The fourth-order valence-corrected chi connectivity index (χ4v) is 7.78. The second kappa shape index (κ2) is 9.49. The number of ether oxygens (including phenoxy) is 1. The predicted octanol–water partition coefficient (Wildman–Crippen LogP) is 5.35. The lowest BCUT2D eigenvalue weighted by Gasteiger charge is -2.45. The number of imide groups is 1. The van der Waals surface area contributed by atoms with Gasteiger partial charge >= 0.3 is 5.97 Å². The Balaban J connectivity index is 1.05. The zero-order valence-electron chi connectivity index (χ0n) is 23.5. The van der Waals surface area contributed by atoms with Crippen molar-refractivity contribution in [2.75, 3.05) is 16.3 Å². The summed E-state index contributed by atoms with van der Waals surface area (Å²) in [5.41, 5.74) is 6.43. The monoisotopic (exact) mass is 568 g/mol. The molecule has 2 fully saturated rings. The summed E-state index contributed by atoms with van der Waals surface area (Å²) in [6.45, 7) is 2.06. The standard InChI is InChI=1S/C36H28N2O5/c1-20-17-23(43-36(42)21-18-29(39)37(19-21)22-9-3-2-4-10-22)15-16-28(20)38-34(40)32-30-24-11-5-6-12-25(24)31(33(32)35(38)41)27-14-8-7-13-26(27)30/h2-17,21,30-33H,18-19H2,1H3/t21-,30?,31?,32-,33-/m1/s1. The quantitative estimate of drug-likeness (QED) is 0.188. The van der Waals surface area contributed by atoms with E-state index in [1.807, 2.05) is 61.5 Å². The van der Waals surface area contributed by atoms with E-state index in [9.17, 15) is 19.2 Å². The van der Waals surface area contributed by atoms with Gasteiger partial charge in [-0.3, -0.25) is 19.2 Å². The van der Waals surface area contributed by atoms with Crippen molar-refractivity contribution in [2.45, 2.75) is 25.2 Å². The lowest BCUT2D eigenvalue weighted by Crippen LogP contribution is -2.41. The van der Waals surface area contributed by atoms with Crippen molar-refractivity contribution in [1.29, 1.82) is 0 Å². The van der Waals surface area contributed by atoms with Crippen LogP contribution in [0.4, 0.5) is 11.4 Å². The van der Waals surface area contributed by atoms with Gasteiger partial charge in [-0.05, 0) is 65.1 Å². The molecule has 0 saturated carbocycles. The highest BCUT2D eigenvalue weighted by Crippen LogP contribution is 2.61. The van der Waals surface area contributed by atoms with Gasteiger partial charge < -0.3 is 9.64 Å². The average molecular weight is 569 g/mol. The highest BCUT2D eigenvalue weighted by atomic mass is 16.5. The summed E-state index contributed by atoms with van der Waals surface area (Å²) >= 11 is 0. The van der Waals surface area contributed by atoms with E-state index in [0.29, 0.717) is 17.0 Å². The van der Waals surface area contributed by atoms with Crippen LogP contribution in [0.1, 0.15) is 46.1 Å². The molecular formula is C36H28N2O5. The number of amides is 3.